The van der Waals surface area contributed by atoms with Gasteiger partial charge in [-0.15, -0.1) is 0 Å². The van der Waals surface area contributed by atoms with Crippen molar-refractivity contribution in [2.75, 3.05) is 5.32 Å². The zero-order valence-electron chi connectivity index (χ0n) is 15.1. The number of anilines is 1. The number of hydrogen-bond acceptors (Lipinski definition) is 5. The van der Waals surface area contributed by atoms with E-state index in [0.717, 1.165) is 0 Å². The summed E-state index contributed by atoms with van der Waals surface area (Å²) in [6, 6.07) is 15.3. The predicted octanol–water partition coefficient (Wildman–Crippen LogP) is 4.45. The van der Waals surface area contributed by atoms with Crippen LogP contribution in [-0.4, -0.2) is 14.3 Å². The van der Waals surface area contributed by atoms with Crippen LogP contribution < -0.4 is 10.5 Å². The number of nitrogens with zero attached hydrogens (tertiary/aromatic N) is 1. The Hall–Kier alpha value is -3.09. The van der Waals surface area contributed by atoms with Crippen molar-refractivity contribution in [1.29, 1.82) is 5.26 Å². The Kier molecular flexibility index (Phi) is 6.29. The topological polar surface area (TPSA) is 126 Å². The number of carbonyl (C=O) groups is 1. The lowest BCUT2D eigenvalue weighted by molar-refractivity contribution is -0.112. The lowest BCUT2D eigenvalue weighted by Gasteiger charge is -2.05. The van der Waals surface area contributed by atoms with Gasteiger partial charge in [0.1, 0.15) is 23.2 Å². The fraction of sp³-hybridized carbons (Fsp3) is 0. The third-order valence-corrected chi connectivity index (χ3v) is 5.59. The van der Waals surface area contributed by atoms with Gasteiger partial charge in [0.25, 0.3) is 5.91 Å². The number of furan rings is 1. The minimum atomic E-state index is -3.84. The third-order valence-electron chi connectivity index (χ3n) is 3.92. The molecular formula is C20H13Cl2N3O4S. The standard InChI is InChI=1S/C20H13Cl2N3O4S/c21-17-7-1-12(10-18(17)22)19-8-4-15(29-19)9-13(11-23)20(26)25-14-2-5-16(6-3-14)30(24,27)28/h1-10H,(H,25,26)(H2,24,27,28)/b13-9+. The Morgan fingerprint density at radius 3 is 2.37 bits per heavy atom. The number of nitrogens with one attached hydrogen (secondary N) is 1. The molecule has 0 unspecified atom stereocenters. The quantitative estimate of drug-likeness (QED) is 0.428. The van der Waals surface area contributed by atoms with E-state index in [9.17, 15) is 18.5 Å². The molecule has 2 aromatic carbocycles. The summed E-state index contributed by atoms with van der Waals surface area (Å²) in [4.78, 5) is 12.3. The molecule has 152 valence electrons. The zero-order valence-corrected chi connectivity index (χ0v) is 17.4. The van der Waals surface area contributed by atoms with Crippen molar-refractivity contribution in [1.82, 2.24) is 0 Å². The van der Waals surface area contributed by atoms with E-state index in [1.54, 1.807) is 36.4 Å². The summed E-state index contributed by atoms with van der Waals surface area (Å²) in [5, 5.41) is 17.6. The molecule has 7 nitrogen and oxygen atoms in total. The van der Waals surface area contributed by atoms with Gasteiger partial charge in [0.2, 0.25) is 10.0 Å². The molecule has 1 heterocycles. The number of rotatable bonds is 5. The van der Waals surface area contributed by atoms with Gasteiger partial charge in [-0.1, -0.05) is 23.2 Å². The molecule has 1 amide bonds. The minimum Gasteiger partial charge on any atom is -0.457 e. The Morgan fingerprint density at radius 2 is 1.77 bits per heavy atom. The van der Waals surface area contributed by atoms with Crippen molar-refractivity contribution in [2.24, 2.45) is 5.14 Å². The van der Waals surface area contributed by atoms with Crippen LogP contribution >= 0.6 is 23.2 Å². The summed E-state index contributed by atoms with van der Waals surface area (Å²) >= 11 is 11.9. The van der Waals surface area contributed by atoms with Crippen LogP contribution in [0.5, 0.6) is 0 Å². The fourth-order valence-corrected chi connectivity index (χ4v) is 3.27. The fourth-order valence-electron chi connectivity index (χ4n) is 2.45. The number of primary sulfonamides is 1. The van der Waals surface area contributed by atoms with Crippen molar-refractivity contribution in [3.8, 4) is 17.4 Å². The maximum absolute atomic E-state index is 12.4. The summed E-state index contributed by atoms with van der Waals surface area (Å²) in [6.07, 6.45) is 1.29. The second kappa shape index (κ2) is 8.73. The van der Waals surface area contributed by atoms with Crippen molar-refractivity contribution in [3.05, 3.63) is 76.0 Å². The second-order valence-electron chi connectivity index (χ2n) is 6.02. The monoisotopic (exact) mass is 461 g/mol. The van der Waals surface area contributed by atoms with Gasteiger partial charge < -0.3 is 9.73 Å². The second-order valence-corrected chi connectivity index (χ2v) is 8.40. The zero-order chi connectivity index (χ0) is 21.9. The van der Waals surface area contributed by atoms with E-state index in [1.807, 2.05) is 0 Å². The molecule has 0 spiro atoms. The lowest BCUT2D eigenvalue weighted by atomic mass is 10.2. The highest BCUT2D eigenvalue weighted by molar-refractivity contribution is 7.89. The molecular weight excluding hydrogens is 449 g/mol. The van der Waals surface area contributed by atoms with E-state index in [0.29, 0.717) is 27.1 Å². The lowest BCUT2D eigenvalue weighted by Crippen LogP contribution is -2.14. The van der Waals surface area contributed by atoms with Crippen molar-refractivity contribution in [3.63, 3.8) is 0 Å². The molecule has 30 heavy (non-hydrogen) atoms. The Labute approximate surface area is 182 Å². The van der Waals surface area contributed by atoms with Crippen LogP contribution in [0.2, 0.25) is 10.0 Å². The highest BCUT2D eigenvalue weighted by Gasteiger charge is 2.13. The first kappa shape index (κ1) is 21.6. The highest BCUT2D eigenvalue weighted by atomic mass is 35.5. The maximum Gasteiger partial charge on any atom is 0.266 e. The van der Waals surface area contributed by atoms with Crippen molar-refractivity contribution >= 4 is 50.9 Å². The van der Waals surface area contributed by atoms with Crippen molar-refractivity contribution in [2.45, 2.75) is 4.90 Å². The van der Waals surface area contributed by atoms with Crippen LogP contribution in [0.15, 0.2) is 69.5 Å². The van der Waals surface area contributed by atoms with Gasteiger partial charge in [-0.05, 0) is 54.6 Å². The average molecular weight is 462 g/mol. The molecule has 10 heteroatoms. The SMILES string of the molecule is N#C/C(=C\c1ccc(-c2ccc(Cl)c(Cl)c2)o1)C(=O)Nc1ccc(S(N)(=O)=O)cc1. The van der Waals surface area contributed by atoms with Crippen LogP contribution in [0.1, 0.15) is 5.76 Å². The summed E-state index contributed by atoms with van der Waals surface area (Å²) in [5.41, 5.74) is 0.770. The van der Waals surface area contributed by atoms with E-state index in [2.05, 4.69) is 5.32 Å². The summed E-state index contributed by atoms with van der Waals surface area (Å²) in [6.45, 7) is 0. The summed E-state index contributed by atoms with van der Waals surface area (Å²) < 4.78 is 28.2. The number of amides is 1. The number of sulfonamides is 1. The maximum atomic E-state index is 12.4. The van der Waals surface area contributed by atoms with Crippen LogP contribution in [-0.2, 0) is 14.8 Å². The first-order valence-corrected chi connectivity index (χ1v) is 10.6. The Balaban J connectivity index is 1.78. The molecule has 0 aliphatic carbocycles. The number of hydrogen-bond donors (Lipinski definition) is 2. The van der Waals surface area contributed by atoms with Gasteiger partial charge in [0.05, 0.1) is 14.9 Å². The molecule has 0 bridgehead atoms. The van der Waals surface area contributed by atoms with E-state index in [4.69, 9.17) is 32.8 Å². The van der Waals surface area contributed by atoms with Gasteiger partial charge in [-0.3, -0.25) is 4.79 Å². The normalized spacial score (nSPS) is 11.7. The van der Waals surface area contributed by atoms with E-state index >= 15 is 0 Å². The predicted molar refractivity (Wildman–Crippen MR) is 114 cm³/mol. The van der Waals surface area contributed by atoms with E-state index in [1.165, 1.54) is 30.3 Å². The molecule has 1 aromatic heterocycles. The number of benzene rings is 2. The highest BCUT2D eigenvalue weighted by Crippen LogP contribution is 2.30. The molecule has 3 aromatic rings. The van der Waals surface area contributed by atoms with Crippen LogP contribution in [0.3, 0.4) is 0 Å². The molecule has 0 saturated heterocycles. The number of halogens is 2. The van der Waals surface area contributed by atoms with Gasteiger partial charge in [-0.25, -0.2) is 13.6 Å². The van der Waals surface area contributed by atoms with Crippen molar-refractivity contribution < 1.29 is 17.6 Å². The van der Waals surface area contributed by atoms with Gasteiger partial charge >= 0.3 is 0 Å². The van der Waals surface area contributed by atoms with Gasteiger partial charge in [0, 0.05) is 17.3 Å². The molecule has 0 saturated carbocycles. The Morgan fingerprint density at radius 1 is 1.07 bits per heavy atom. The number of nitrogens with two attached hydrogens (primary N) is 1. The van der Waals surface area contributed by atoms with E-state index < -0.39 is 15.9 Å². The molecule has 0 radical (unpaired) electrons. The first-order valence-electron chi connectivity index (χ1n) is 8.28. The Bertz CT molecular complexity index is 1290. The molecule has 0 atom stereocenters. The minimum absolute atomic E-state index is 0.0954. The first-order chi connectivity index (χ1) is 14.2. The summed E-state index contributed by atoms with van der Waals surface area (Å²) in [7, 11) is -3.84. The van der Waals surface area contributed by atoms with Crippen LogP contribution in [0.25, 0.3) is 17.4 Å². The molecule has 3 N–H and O–H groups in total. The molecule has 0 aliphatic heterocycles. The van der Waals surface area contributed by atoms with Gasteiger partial charge in [0.15, 0.2) is 0 Å². The third kappa shape index (κ3) is 5.09. The molecule has 0 aliphatic rings. The number of nitriles is 1. The summed E-state index contributed by atoms with van der Waals surface area (Å²) in [5.74, 6) is 0.0804. The van der Waals surface area contributed by atoms with E-state index in [-0.39, 0.29) is 16.2 Å². The van der Waals surface area contributed by atoms with Crippen LogP contribution in [0.4, 0.5) is 5.69 Å². The van der Waals surface area contributed by atoms with Crippen LogP contribution in [0, 0.1) is 11.3 Å². The van der Waals surface area contributed by atoms with Gasteiger partial charge in [-0.2, -0.15) is 5.26 Å². The molecule has 0 fully saturated rings. The number of carbonyl (C=O) groups excluding carboxylic acids is 1. The largest absolute Gasteiger partial charge is 0.457 e. The average Bonchev–Trinajstić information content (AvgIpc) is 3.16. The molecule has 3 rings (SSSR count). The smallest absolute Gasteiger partial charge is 0.266 e.